The SMILES string of the molecule is CN=C(NCc1nnc2ccc(C(F)(F)F)cn12)NC1CC1C.I. The van der Waals surface area contributed by atoms with Gasteiger partial charge in [-0.2, -0.15) is 13.2 Å². The molecule has 24 heavy (non-hydrogen) atoms. The van der Waals surface area contributed by atoms with Gasteiger partial charge in [0.2, 0.25) is 0 Å². The lowest BCUT2D eigenvalue weighted by atomic mass is 10.3. The highest BCUT2D eigenvalue weighted by atomic mass is 127. The molecule has 10 heteroatoms. The third kappa shape index (κ3) is 4.08. The van der Waals surface area contributed by atoms with Crippen LogP contribution in [0.4, 0.5) is 13.2 Å². The lowest BCUT2D eigenvalue weighted by molar-refractivity contribution is -0.137. The lowest BCUT2D eigenvalue weighted by Crippen LogP contribution is -2.39. The summed E-state index contributed by atoms with van der Waals surface area (Å²) in [5.41, 5.74) is -0.367. The van der Waals surface area contributed by atoms with Crippen LogP contribution in [0.2, 0.25) is 0 Å². The molecule has 1 saturated carbocycles. The molecule has 2 heterocycles. The van der Waals surface area contributed by atoms with Crippen LogP contribution < -0.4 is 10.6 Å². The van der Waals surface area contributed by atoms with Crippen LogP contribution in [0.3, 0.4) is 0 Å². The number of aromatic nitrogens is 3. The lowest BCUT2D eigenvalue weighted by Gasteiger charge is -2.11. The Labute approximate surface area is 154 Å². The molecule has 2 aromatic rings. The fourth-order valence-electron chi connectivity index (χ4n) is 2.28. The van der Waals surface area contributed by atoms with Crippen molar-refractivity contribution in [2.45, 2.75) is 32.1 Å². The molecule has 1 fully saturated rings. The summed E-state index contributed by atoms with van der Waals surface area (Å²) in [7, 11) is 1.64. The maximum Gasteiger partial charge on any atom is 0.417 e. The monoisotopic (exact) mass is 454 g/mol. The minimum atomic E-state index is -4.40. The van der Waals surface area contributed by atoms with E-state index in [4.69, 9.17) is 0 Å². The Morgan fingerprint density at radius 1 is 1.38 bits per heavy atom. The highest BCUT2D eigenvalue weighted by Crippen LogP contribution is 2.29. The van der Waals surface area contributed by atoms with Gasteiger partial charge in [0.15, 0.2) is 17.4 Å². The fourth-order valence-corrected chi connectivity index (χ4v) is 2.28. The van der Waals surface area contributed by atoms with Crippen molar-refractivity contribution in [3.63, 3.8) is 0 Å². The Kier molecular flexibility index (Phi) is 5.56. The van der Waals surface area contributed by atoms with E-state index in [-0.39, 0.29) is 30.5 Å². The molecule has 0 saturated heterocycles. The number of pyridine rings is 1. The molecule has 3 rings (SSSR count). The summed E-state index contributed by atoms with van der Waals surface area (Å²) in [4.78, 5) is 4.10. The van der Waals surface area contributed by atoms with Crippen LogP contribution in [0, 0.1) is 5.92 Å². The molecule has 132 valence electrons. The Hall–Kier alpha value is -1.59. The molecule has 6 nitrogen and oxygen atoms in total. The third-order valence-electron chi connectivity index (χ3n) is 3.87. The van der Waals surface area contributed by atoms with E-state index in [1.54, 1.807) is 7.05 Å². The van der Waals surface area contributed by atoms with E-state index in [9.17, 15) is 13.2 Å². The zero-order valence-electron chi connectivity index (χ0n) is 13.1. The Balaban J connectivity index is 0.00000208. The van der Waals surface area contributed by atoms with Crippen LogP contribution in [0.5, 0.6) is 0 Å². The first-order valence-corrected chi connectivity index (χ1v) is 7.26. The maximum absolute atomic E-state index is 12.8. The minimum absolute atomic E-state index is 0. The summed E-state index contributed by atoms with van der Waals surface area (Å²) >= 11 is 0. The molecule has 0 spiro atoms. The summed E-state index contributed by atoms with van der Waals surface area (Å²) in [5.74, 6) is 1.60. The second-order valence-electron chi connectivity index (χ2n) is 5.65. The van der Waals surface area contributed by atoms with Crippen molar-refractivity contribution in [2.24, 2.45) is 10.9 Å². The number of guanidine groups is 1. The van der Waals surface area contributed by atoms with Gasteiger partial charge in [0.25, 0.3) is 0 Å². The summed E-state index contributed by atoms with van der Waals surface area (Å²) in [6.45, 7) is 2.36. The number of nitrogens with one attached hydrogen (secondary N) is 2. The summed E-state index contributed by atoms with van der Waals surface area (Å²) in [5, 5.41) is 14.1. The molecule has 0 radical (unpaired) electrons. The van der Waals surface area contributed by atoms with Crippen LogP contribution in [0.1, 0.15) is 24.7 Å². The van der Waals surface area contributed by atoms with Gasteiger partial charge >= 0.3 is 6.18 Å². The Morgan fingerprint density at radius 2 is 2.08 bits per heavy atom. The molecule has 0 amide bonds. The number of hydrogen-bond donors (Lipinski definition) is 2. The van der Waals surface area contributed by atoms with Crippen LogP contribution in [-0.4, -0.2) is 33.6 Å². The zero-order valence-corrected chi connectivity index (χ0v) is 15.5. The van der Waals surface area contributed by atoms with Crippen LogP contribution in [0.15, 0.2) is 23.3 Å². The summed E-state index contributed by atoms with van der Waals surface area (Å²) in [6.07, 6.45) is -2.31. The summed E-state index contributed by atoms with van der Waals surface area (Å²) in [6, 6.07) is 2.70. The Bertz CT molecular complexity index is 742. The molecule has 2 atom stereocenters. The predicted octanol–water partition coefficient (Wildman–Crippen LogP) is 2.44. The van der Waals surface area contributed by atoms with E-state index in [0.29, 0.717) is 29.4 Å². The molecule has 2 N–H and O–H groups in total. The molecular formula is C14H18F3IN6. The van der Waals surface area contributed by atoms with Gasteiger partial charge in [0.1, 0.15) is 0 Å². The largest absolute Gasteiger partial charge is 0.417 e. The van der Waals surface area contributed by atoms with Gasteiger partial charge in [0.05, 0.1) is 12.1 Å². The number of fused-ring (bicyclic) bond motifs is 1. The second-order valence-corrected chi connectivity index (χ2v) is 5.65. The average Bonchev–Trinajstić information content (AvgIpc) is 3.04. The van der Waals surface area contributed by atoms with Gasteiger partial charge in [-0.15, -0.1) is 34.2 Å². The van der Waals surface area contributed by atoms with Crippen molar-refractivity contribution in [1.82, 2.24) is 25.2 Å². The zero-order chi connectivity index (χ0) is 16.6. The topological polar surface area (TPSA) is 66.6 Å². The number of halogens is 4. The van der Waals surface area contributed by atoms with Crippen molar-refractivity contribution in [3.8, 4) is 0 Å². The van der Waals surface area contributed by atoms with E-state index in [1.165, 1.54) is 10.5 Å². The van der Waals surface area contributed by atoms with Gasteiger partial charge < -0.3 is 10.6 Å². The van der Waals surface area contributed by atoms with Gasteiger partial charge in [-0.05, 0) is 24.5 Å². The molecule has 1 aliphatic rings. The van der Waals surface area contributed by atoms with E-state index >= 15 is 0 Å². The molecule has 0 aromatic carbocycles. The predicted molar refractivity (Wildman–Crippen MR) is 94.3 cm³/mol. The molecule has 0 aliphatic heterocycles. The first-order valence-electron chi connectivity index (χ1n) is 7.26. The van der Waals surface area contributed by atoms with Crippen molar-refractivity contribution in [1.29, 1.82) is 0 Å². The van der Waals surface area contributed by atoms with Gasteiger partial charge in [-0.1, -0.05) is 6.92 Å². The standard InChI is InChI=1S/C14H17F3N6.HI/c1-8-5-10(8)20-13(18-2)19-6-12-22-21-11-4-3-9(7-23(11)12)14(15,16)17;/h3-4,7-8,10H,5-6H2,1-2H3,(H2,18,19,20);1H. The van der Waals surface area contributed by atoms with E-state index in [1.807, 2.05) is 0 Å². The molecule has 1 aliphatic carbocycles. The number of alkyl halides is 3. The highest BCUT2D eigenvalue weighted by Gasteiger charge is 2.33. The highest BCUT2D eigenvalue weighted by molar-refractivity contribution is 14.0. The molecule has 2 aromatic heterocycles. The minimum Gasteiger partial charge on any atom is -0.353 e. The van der Waals surface area contributed by atoms with Gasteiger partial charge in [0, 0.05) is 19.3 Å². The van der Waals surface area contributed by atoms with E-state index in [0.717, 1.165) is 18.7 Å². The average molecular weight is 454 g/mol. The van der Waals surface area contributed by atoms with Crippen molar-refractivity contribution in [3.05, 3.63) is 29.7 Å². The molecular weight excluding hydrogens is 436 g/mol. The molecule has 2 unspecified atom stereocenters. The Morgan fingerprint density at radius 3 is 2.67 bits per heavy atom. The second kappa shape index (κ2) is 7.11. The fraction of sp³-hybridized carbons (Fsp3) is 0.500. The number of aliphatic imine (C=N–C) groups is 1. The van der Waals surface area contributed by atoms with Crippen LogP contribution in [0.25, 0.3) is 5.65 Å². The number of hydrogen-bond acceptors (Lipinski definition) is 3. The van der Waals surface area contributed by atoms with Crippen molar-refractivity contribution >= 4 is 35.6 Å². The first-order chi connectivity index (χ1) is 10.9. The van der Waals surface area contributed by atoms with E-state index < -0.39 is 11.7 Å². The van der Waals surface area contributed by atoms with Crippen LogP contribution >= 0.6 is 24.0 Å². The van der Waals surface area contributed by atoms with Crippen molar-refractivity contribution in [2.75, 3.05) is 7.05 Å². The van der Waals surface area contributed by atoms with E-state index in [2.05, 4.69) is 32.7 Å². The third-order valence-corrected chi connectivity index (χ3v) is 3.87. The smallest absolute Gasteiger partial charge is 0.353 e. The maximum atomic E-state index is 12.8. The van der Waals surface area contributed by atoms with Crippen LogP contribution in [-0.2, 0) is 12.7 Å². The van der Waals surface area contributed by atoms with Gasteiger partial charge in [-0.25, -0.2) is 0 Å². The molecule has 0 bridgehead atoms. The number of rotatable bonds is 3. The van der Waals surface area contributed by atoms with Crippen molar-refractivity contribution < 1.29 is 13.2 Å². The summed E-state index contributed by atoms with van der Waals surface area (Å²) < 4.78 is 39.8. The van der Waals surface area contributed by atoms with Gasteiger partial charge in [-0.3, -0.25) is 9.39 Å². The quantitative estimate of drug-likeness (QED) is 0.425. The normalized spacial score (nSPS) is 20.6. The first kappa shape index (κ1) is 18.7. The number of nitrogens with zero attached hydrogens (tertiary/aromatic N) is 4.